The molecule has 2 aromatic rings. The largest absolute Gasteiger partial charge is 0.493 e. The standard InChI is InChI=1S/C19H17NO6/c1-24-15-8-11(9-16-17(15)26-7-6-25-16)18(21)20-10-13(19(22)23)12-4-2-3-5-14(12)20/h2-5,8-9,13H,6-7,10H2,1H3,(H,22,23). The highest BCUT2D eigenvalue weighted by atomic mass is 16.6. The molecule has 0 fully saturated rings. The summed E-state index contributed by atoms with van der Waals surface area (Å²) in [5.41, 5.74) is 1.60. The minimum atomic E-state index is -0.951. The first-order valence-corrected chi connectivity index (χ1v) is 8.21. The molecule has 2 aromatic carbocycles. The van der Waals surface area contributed by atoms with Gasteiger partial charge in [0.25, 0.3) is 5.91 Å². The summed E-state index contributed by atoms with van der Waals surface area (Å²) in [6, 6.07) is 10.3. The fraction of sp³-hybridized carbons (Fsp3) is 0.263. The minimum absolute atomic E-state index is 0.0876. The molecule has 0 aromatic heterocycles. The number of carbonyl (C=O) groups is 2. The number of fused-ring (bicyclic) bond motifs is 2. The van der Waals surface area contributed by atoms with E-state index in [1.54, 1.807) is 36.4 Å². The van der Waals surface area contributed by atoms with Gasteiger partial charge < -0.3 is 24.2 Å². The Morgan fingerprint density at radius 2 is 1.96 bits per heavy atom. The Morgan fingerprint density at radius 1 is 1.19 bits per heavy atom. The first-order valence-electron chi connectivity index (χ1n) is 8.21. The molecule has 2 aliphatic rings. The first kappa shape index (κ1) is 16.3. The van der Waals surface area contributed by atoms with E-state index in [0.717, 1.165) is 0 Å². The lowest BCUT2D eigenvalue weighted by Gasteiger charge is -2.23. The molecule has 1 unspecified atom stereocenters. The number of carboxylic acids is 1. The van der Waals surface area contributed by atoms with Crippen molar-refractivity contribution in [3.63, 3.8) is 0 Å². The summed E-state index contributed by atoms with van der Waals surface area (Å²) in [7, 11) is 1.49. The van der Waals surface area contributed by atoms with Gasteiger partial charge in [-0.15, -0.1) is 0 Å². The van der Waals surface area contributed by atoms with Crippen molar-refractivity contribution in [2.45, 2.75) is 5.92 Å². The molecule has 26 heavy (non-hydrogen) atoms. The predicted octanol–water partition coefficient (Wildman–Crippen LogP) is 2.29. The zero-order valence-electron chi connectivity index (χ0n) is 14.1. The fourth-order valence-electron chi connectivity index (χ4n) is 3.36. The maximum atomic E-state index is 13.1. The molecule has 2 aliphatic heterocycles. The molecule has 0 radical (unpaired) electrons. The van der Waals surface area contributed by atoms with E-state index in [1.165, 1.54) is 12.0 Å². The Kier molecular flexibility index (Phi) is 3.91. The molecular formula is C19H17NO6. The number of para-hydroxylation sites is 1. The van der Waals surface area contributed by atoms with Crippen molar-refractivity contribution >= 4 is 17.6 Å². The van der Waals surface area contributed by atoms with Crippen molar-refractivity contribution in [2.75, 3.05) is 31.8 Å². The Hall–Kier alpha value is -3.22. The minimum Gasteiger partial charge on any atom is -0.493 e. The monoisotopic (exact) mass is 355 g/mol. The zero-order valence-corrected chi connectivity index (χ0v) is 14.1. The maximum Gasteiger partial charge on any atom is 0.312 e. The first-order chi connectivity index (χ1) is 12.6. The lowest BCUT2D eigenvalue weighted by molar-refractivity contribution is -0.138. The second-order valence-electron chi connectivity index (χ2n) is 6.07. The van der Waals surface area contributed by atoms with Crippen LogP contribution in [-0.2, 0) is 4.79 Å². The molecule has 1 amide bonds. The molecule has 7 heteroatoms. The molecule has 4 rings (SSSR count). The number of benzene rings is 2. The number of methoxy groups -OCH3 is 1. The lowest BCUT2D eigenvalue weighted by atomic mass is 10.0. The van der Waals surface area contributed by atoms with Crippen molar-refractivity contribution in [2.24, 2.45) is 0 Å². The molecular weight excluding hydrogens is 338 g/mol. The van der Waals surface area contributed by atoms with Crippen molar-refractivity contribution in [3.05, 3.63) is 47.5 Å². The average molecular weight is 355 g/mol. The maximum absolute atomic E-state index is 13.1. The van der Waals surface area contributed by atoms with Crippen LogP contribution in [0.25, 0.3) is 0 Å². The Morgan fingerprint density at radius 3 is 2.73 bits per heavy atom. The van der Waals surface area contributed by atoms with E-state index < -0.39 is 11.9 Å². The highest BCUT2D eigenvalue weighted by Gasteiger charge is 2.37. The second-order valence-corrected chi connectivity index (χ2v) is 6.07. The smallest absolute Gasteiger partial charge is 0.312 e. The number of carboxylic acid groups (broad SMARTS) is 1. The van der Waals surface area contributed by atoms with Crippen LogP contribution < -0.4 is 19.1 Å². The number of nitrogens with zero attached hydrogens (tertiary/aromatic N) is 1. The quantitative estimate of drug-likeness (QED) is 0.909. The van der Waals surface area contributed by atoms with Crippen LogP contribution in [0.1, 0.15) is 21.8 Å². The molecule has 2 heterocycles. The van der Waals surface area contributed by atoms with E-state index >= 15 is 0 Å². The summed E-state index contributed by atoms with van der Waals surface area (Å²) in [6.45, 7) is 0.891. The lowest BCUT2D eigenvalue weighted by Crippen LogP contribution is -2.31. The van der Waals surface area contributed by atoms with Crippen LogP contribution in [0.4, 0.5) is 5.69 Å². The zero-order chi connectivity index (χ0) is 18.3. The van der Waals surface area contributed by atoms with Gasteiger partial charge in [-0.1, -0.05) is 18.2 Å². The van der Waals surface area contributed by atoms with Gasteiger partial charge in [-0.05, 0) is 23.8 Å². The van der Waals surface area contributed by atoms with Gasteiger partial charge in [0.2, 0.25) is 5.75 Å². The van der Waals surface area contributed by atoms with Crippen molar-refractivity contribution in [1.29, 1.82) is 0 Å². The number of amides is 1. The summed E-state index contributed by atoms with van der Waals surface area (Å²) in [6.07, 6.45) is 0. The number of hydrogen-bond donors (Lipinski definition) is 1. The summed E-state index contributed by atoms with van der Waals surface area (Å²) < 4.78 is 16.5. The summed E-state index contributed by atoms with van der Waals surface area (Å²) in [5, 5.41) is 9.48. The molecule has 1 atom stereocenters. The van der Waals surface area contributed by atoms with Gasteiger partial charge in [0.05, 0.1) is 7.11 Å². The SMILES string of the molecule is COc1cc(C(=O)N2CC(C(=O)O)c3ccccc32)cc2c1OCCO2. The average Bonchev–Trinajstić information content (AvgIpc) is 3.06. The van der Waals surface area contributed by atoms with Crippen LogP contribution in [0, 0.1) is 0 Å². The third-order valence-electron chi connectivity index (χ3n) is 4.59. The molecule has 7 nitrogen and oxygen atoms in total. The molecule has 0 aliphatic carbocycles. The summed E-state index contributed by atoms with van der Waals surface area (Å²) >= 11 is 0. The number of hydrogen-bond acceptors (Lipinski definition) is 5. The van der Waals surface area contributed by atoms with Crippen LogP contribution in [-0.4, -0.2) is 43.9 Å². The highest BCUT2D eigenvalue weighted by molar-refractivity contribution is 6.09. The van der Waals surface area contributed by atoms with Gasteiger partial charge in [0.1, 0.15) is 19.1 Å². The number of anilines is 1. The summed E-state index contributed by atoms with van der Waals surface area (Å²) in [5.74, 6) is -0.673. The van der Waals surface area contributed by atoms with E-state index in [-0.39, 0.29) is 12.5 Å². The number of aliphatic carboxylic acids is 1. The van der Waals surface area contributed by atoms with E-state index in [1.807, 2.05) is 0 Å². The van der Waals surface area contributed by atoms with E-state index in [0.29, 0.717) is 47.3 Å². The molecule has 0 saturated heterocycles. The fourth-order valence-corrected chi connectivity index (χ4v) is 3.36. The van der Waals surface area contributed by atoms with Crippen LogP contribution >= 0.6 is 0 Å². The second kappa shape index (κ2) is 6.25. The van der Waals surface area contributed by atoms with E-state index in [9.17, 15) is 14.7 Å². The molecule has 0 spiro atoms. The number of rotatable bonds is 3. The van der Waals surface area contributed by atoms with Crippen LogP contribution in [0.15, 0.2) is 36.4 Å². The van der Waals surface area contributed by atoms with Gasteiger partial charge in [0, 0.05) is 17.8 Å². The van der Waals surface area contributed by atoms with E-state index in [4.69, 9.17) is 14.2 Å². The van der Waals surface area contributed by atoms with Gasteiger partial charge in [0.15, 0.2) is 11.5 Å². The normalized spacial score (nSPS) is 17.6. The number of ether oxygens (including phenoxy) is 3. The van der Waals surface area contributed by atoms with Crippen molar-refractivity contribution in [1.82, 2.24) is 0 Å². The van der Waals surface area contributed by atoms with Gasteiger partial charge in [-0.2, -0.15) is 0 Å². The van der Waals surface area contributed by atoms with Crippen LogP contribution in [0.2, 0.25) is 0 Å². The number of carbonyl (C=O) groups excluding carboxylic acids is 1. The molecule has 134 valence electrons. The van der Waals surface area contributed by atoms with Gasteiger partial charge >= 0.3 is 5.97 Å². The molecule has 0 saturated carbocycles. The van der Waals surface area contributed by atoms with Crippen molar-refractivity contribution in [3.8, 4) is 17.2 Å². The Labute approximate surface area is 149 Å². The third-order valence-corrected chi connectivity index (χ3v) is 4.59. The Bertz CT molecular complexity index is 876. The Balaban J connectivity index is 1.74. The topological polar surface area (TPSA) is 85.3 Å². The van der Waals surface area contributed by atoms with Crippen LogP contribution in [0.5, 0.6) is 17.2 Å². The van der Waals surface area contributed by atoms with Crippen LogP contribution in [0.3, 0.4) is 0 Å². The highest BCUT2D eigenvalue weighted by Crippen LogP contribution is 2.42. The van der Waals surface area contributed by atoms with Crippen molar-refractivity contribution < 1.29 is 28.9 Å². The molecule has 0 bridgehead atoms. The molecule has 1 N–H and O–H groups in total. The third kappa shape index (κ3) is 2.52. The van der Waals surface area contributed by atoms with Gasteiger partial charge in [-0.3, -0.25) is 9.59 Å². The summed E-state index contributed by atoms with van der Waals surface area (Å²) in [4.78, 5) is 26.2. The van der Waals surface area contributed by atoms with Gasteiger partial charge in [-0.25, -0.2) is 0 Å². The predicted molar refractivity (Wildman–Crippen MR) is 92.5 cm³/mol. The van der Waals surface area contributed by atoms with E-state index in [2.05, 4.69) is 0 Å².